The first-order chi connectivity index (χ1) is 13.7. The molecule has 1 saturated heterocycles. The van der Waals surface area contributed by atoms with Gasteiger partial charge in [0, 0.05) is 37.8 Å². The average Bonchev–Trinajstić information content (AvgIpc) is 2.93. The SMILES string of the molecule is COC[C@H](O)CN1CC[C@@H](Nc2cccc3c2cc(I)n3CC(F)(F)F)[C@@H](F)C1. The first kappa shape index (κ1) is 22.6. The summed E-state index contributed by atoms with van der Waals surface area (Å²) in [7, 11) is 1.50. The standard InChI is InChI=1S/C19H24F4IN3O2/c1-29-10-12(28)8-26-6-5-16(14(20)9-26)25-15-3-2-4-17-13(15)7-18(24)27(17)11-19(21,22)23/h2-4,7,12,14,16,25,28H,5-6,8-11H2,1H3/t12-,14+,16-/m1/s1. The molecule has 3 atom stereocenters. The zero-order chi connectivity index (χ0) is 21.2. The van der Waals surface area contributed by atoms with Crippen LogP contribution in [0, 0.1) is 3.70 Å². The summed E-state index contributed by atoms with van der Waals surface area (Å²) < 4.78 is 60.1. The molecule has 2 heterocycles. The van der Waals surface area contributed by atoms with Crippen molar-refractivity contribution in [2.24, 2.45) is 0 Å². The summed E-state index contributed by atoms with van der Waals surface area (Å²) in [5.74, 6) is 0. The number of aliphatic hydroxyl groups excluding tert-OH is 1. The van der Waals surface area contributed by atoms with Gasteiger partial charge < -0.3 is 19.7 Å². The third-order valence-corrected chi connectivity index (χ3v) is 5.92. The molecule has 3 rings (SSSR count). The van der Waals surface area contributed by atoms with Gasteiger partial charge in [-0.3, -0.25) is 4.90 Å². The van der Waals surface area contributed by atoms with E-state index in [-0.39, 0.29) is 13.2 Å². The van der Waals surface area contributed by atoms with E-state index in [1.54, 1.807) is 24.3 Å². The van der Waals surface area contributed by atoms with Crippen LogP contribution in [0.15, 0.2) is 24.3 Å². The smallest absolute Gasteiger partial charge is 0.389 e. The first-order valence-electron chi connectivity index (χ1n) is 9.32. The Kier molecular flexibility index (Phi) is 7.28. The lowest BCUT2D eigenvalue weighted by molar-refractivity contribution is -0.140. The van der Waals surface area contributed by atoms with E-state index in [1.165, 1.54) is 11.7 Å². The number of aliphatic hydroxyl groups is 1. The summed E-state index contributed by atoms with van der Waals surface area (Å²) in [4.78, 5) is 1.86. The Balaban J connectivity index is 1.72. The number of β-amino-alcohol motifs (C(OH)–C–C–N with tert-alkyl or cyclic N) is 1. The van der Waals surface area contributed by atoms with Crippen molar-refractivity contribution in [3.8, 4) is 0 Å². The highest BCUT2D eigenvalue weighted by atomic mass is 127. The topological polar surface area (TPSA) is 49.7 Å². The minimum Gasteiger partial charge on any atom is -0.389 e. The van der Waals surface area contributed by atoms with Crippen LogP contribution in [0.2, 0.25) is 0 Å². The number of hydrogen-bond acceptors (Lipinski definition) is 4. The molecule has 0 radical (unpaired) electrons. The molecule has 0 aliphatic carbocycles. The lowest BCUT2D eigenvalue weighted by Crippen LogP contribution is -2.50. The average molecular weight is 529 g/mol. The second-order valence-electron chi connectivity index (χ2n) is 7.33. The lowest BCUT2D eigenvalue weighted by Gasteiger charge is -2.36. The van der Waals surface area contributed by atoms with Crippen molar-refractivity contribution < 1.29 is 27.4 Å². The van der Waals surface area contributed by atoms with E-state index in [9.17, 15) is 22.7 Å². The quantitative estimate of drug-likeness (QED) is 0.425. The van der Waals surface area contributed by atoms with Gasteiger partial charge in [-0.15, -0.1) is 0 Å². The minimum atomic E-state index is -4.32. The fourth-order valence-corrected chi connectivity index (χ4v) is 4.50. The monoisotopic (exact) mass is 529 g/mol. The number of nitrogens with one attached hydrogen (secondary N) is 1. The molecule has 162 valence electrons. The molecule has 1 fully saturated rings. The number of alkyl halides is 4. The van der Waals surface area contributed by atoms with E-state index in [0.717, 1.165) is 0 Å². The van der Waals surface area contributed by atoms with Gasteiger partial charge in [-0.25, -0.2) is 4.39 Å². The number of rotatable bonds is 7. The maximum atomic E-state index is 14.8. The number of benzene rings is 1. The maximum absolute atomic E-state index is 14.8. The van der Waals surface area contributed by atoms with Gasteiger partial charge in [-0.1, -0.05) is 6.07 Å². The molecule has 10 heteroatoms. The van der Waals surface area contributed by atoms with E-state index >= 15 is 0 Å². The van der Waals surface area contributed by atoms with Crippen LogP contribution in [-0.2, 0) is 11.3 Å². The molecule has 0 saturated carbocycles. The molecule has 1 aliphatic heterocycles. The van der Waals surface area contributed by atoms with Gasteiger partial charge in [0.15, 0.2) is 0 Å². The van der Waals surface area contributed by atoms with Crippen LogP contribution in [0.1, 0.15) is 6.42 Å². The molecule has 1 aromatic carbocycles. The van der Waals surface area contributed by atoms with Crippen molar-refractivity contribution in [2.75, 3.05) is 38.7 Å². The van der Waals surface area contributed by atoms with Crippen LogP contribution in [0.5, 0.6) is 0 Å². The molecule has 0 unspecified atom stereocenters. The summed E-state index contributed by atoms with van der Waals surface area (Å²) in [5.41, 5.74) is 1.09. The van der Waals surface area contributed by atoms with Gasteiger partial charge >= 0.3 is 6.18 Å². The normalized spacial score (nSPS) is 22.2. The van der Waals surface area contributed by atoms with Crippen LogP contribution in [0.3, 0.4) is 0 Å². The second kappa shape index (κ2) is 9.36. The summed E-state index contributed by atoms with van der Waals surface area (Å²) in [5, 5.41) is 13.7. The molecule has 0 bridgehead atoms. The van der Waals surface area contributed by atoms with Gasteiger partial charge in [0.2, 0.25) is 0 Å². The van der Waals surface area contributed by atoms with Crippen LogP contribution in [0.25, 0.3) is 10.9 Å². The molecule has 2 N–H and O–H groups in total. The third kappa shape index (κ3) is 5.74. The number of halogens is 5. The largest absolute Gasteiger partial charge is 0.406 e. The van der Waals surface area contributed by atoms with Crippen LogP contribution in [0.4, 0.5) is 23.2 Å². The Morgan fingerprint density at radius 2 is 2.14 bits per heavy atom. The Labute approximate surface area is 180 Å². The second-order valence-corrected chi connectivity index (χ2v) is 8.44. The van der Waals surface area contributed by atoms with Gasteiger partial charge in [-0.05, 0) is 47.2 Å². The lowest BCUT2D eigenvalue weighted by atomic mass is 10.0. The number of nitrogens with zero attached hydrogens (tertiary/aromatic N) is 2. The molecule has 0 spiro atoms. The third-order valence-electron chi connectivity index (χ3n) is 5.03. The summed E-state index contributed by atoms with van der Waals surface area (Å²) >= 11 is 1.89. The number of aromatic nitrogens is 1. The predicted molar refractivity (Wildman–Crippen MR) is 112 cm³/mol. The zero-order valence-electron chi connectivity index (χ0n) is 15.9. The van der Waals surface area contributed by atoms with Crippen molar-refractivity contribution in [2.45, 2.75) is 37.5 Å². The molecule has 29 heavy (non-hydrogen) atoms. The Bertz CT molecular complexity index is 830. The summed E-state index contributed by atoms with van der Waals surface area (Å²) in [6.45, 7) is 0.272. The van der Waals surface area contributed by atoms with E-state index in [1.807, 2.05) is 27.5 Å². The van der Waals surface area contributed by atoms with Crippen molar-refractivity contribution in [3.05, 3.63) is 28.0 Å². The molecular formula is C19H24F4IN3O2. The van der Waals surface area contributed by atoms with E-state index < -0.39 is 31.0 Å². The van der Waals surface area contributed by atoms with Crippen LogP contribution in [-0.4, -0.2) is 72.4 Å². The summed E-state index contributed by atoms with van der Waals surface area (Å²) in [6.07, 6.45) is -5.62. The van der Waals surface area contributed by atoms with Crippen molar-refractivity contribution >= 4 is 39.2 Å². The number of fused-ring (bicyclic) bond motifs is 1. The highest BCUT2D eigenvalue weighted by molar-refractivity contribution is 14.1. The Hall–Kier alpha value is -1.11. The number of methoxy groups -OCH3 is 1. The number of hydrogen-bond donors (Lipinski definition) is 2. The molecule has 0 amide bonds. The zero-order valence-corrected chi connectivity index (χ0v) is 18.1. The number of ether oxygens (including phenoxy) is 1. The van der Waals surface area contributed by atoms with Gasteiger partial charge in [0.05, 0.1) is 28.0 Å². The van der Waals surface area contributed by atoms with Crippen LogP contribution >= 0.6 is 22.6 Å². The van der Waals surface area contributed by atoms with Crippen molar-refractivity contribution in [3.63, 3.8) is 0 Å². The highest BCUT2D eigenvalue weighted by Gasteiger charge is 2.32. The maximum Gasteiger partial charge on any atom is 0.406 e. The molecular weight excluding hydrogens is 505 g/mol. The van der Waals surface area contributed by atoms with Crippen molar-refractivity contribution in [1.82, 2.24) is 9.47 Å². The molecule has 2 aromatic rings. The number of anilines is 1. The van der Waals surface area contributed by atoms with E-state index in [4.69, 9.17) is 4.74 Å². The first-order valence-corrected chi connectivity index (χ1v) is 10.4. The van der Waals surface area contributed by atoms with Gasteiger partial charge in [0.1, 0.15) is 12.7 Å². The molecule has 5 nitrogen and oxygen atoms in total. The van der Waals surface area contributed by atoms with Gasteiger partial charge in [-0.2, -0.15) is 13.2 Å². The van der Waals surface area contributed by atoms with E-state index in [2.05, 4.69) is 5.32 Å². The predicted octanol–water partition coefficient (Wildman–Crippen LogP) is 3.64. The van der Waals surface area contributed by atoms with Crippen molar-refractivity contribution in [1.29, 1.82) is 0 Å². The molecule has 1 aliphatic rings. The number of piperidine rings is 1. The van der Waals surface area contributed by atoms with E-state index in [0.29, 0.717) is 39.8 Å². The Morgan fingerprint density at radius 3 is 2.79 bits per heavy atom. The number of likely N-dealkylation sites (tertiary alicyclic amines) is 1. The molecule has 1 aromatic heterocycles. The highest BCUT2D eigenvalue weighted by Crippen LogP contribution is 2.32. The van der Waals surface area contributed by atoms with Gasteiger partial charge in [0.25, 0.3) is 0 Å². The van der Waals surface area contributed by atoms with Crippen LogP contribution < -0.4 is 5.32 Å². The Morgan fingerprint density at radius 1 is 1.38 bits per heavy atom. The fourth-order valence-electron chi connectivity index (χ4n) is 3.76. The minimum absolute atomic E-state index is 0.182. The summed E-state index contributed by atoms with van der Waals surface area (Å²) in [6, 6.07) is 6.32. The fraction of sp³-hybridized carbons (Fsp3) is 0.579.